The number of aromatic nitrogens is 2. The Morgan fingerprint density at radius 3 is 2.89 bits per heavy atom. The average Bonchev–Trinajstić information content (AvgIpc) is 3.40. The van der Waals surface area contributed by atoms with E-state index < -0.39 is 11.7 Å². The van der Waals surface area contributed by atoms with E-state index >= 15 is 0 Å². The Morgan fingerprint density at radius 1 is 1.21 bits per heavy atom. The first kappa shape index (κ1) is 18.7. The van der Waals surface area contributed by atoms with E-state index in [0.717, 1.165) is 29.3 Å². The summed E-state index contributed by atoms with van der Waals surface area (Å²) in [6.07, 6.45) is 1.78. The van der Waals surface area contributed by atoms with Crippen molar-refractivity contribution in [1.82, 2.24) is 15.1 Å². The van der Waals surface area contributed by atoms with Gasteiger partial charge in [0, 0.05) is 24.7 Å². The normalized spacial score (nSPS) is 16.8. The largest absolute Gasteiger partial charge is 0.337 e. The van der Waals surface area contributed by atoms with Crippen LogP contribution in [0.25, 0.3) is 0 Å². The fourth-order valence-electron chi connectivity index (χ4n) is 3.16. The Balaban J connectivity index is 1.43. The zero-order valence-electron chi connectivity index (χ0n) is 14.8. The molecule has 0 radical (unpaired) electrons. The molecule has 3 heterocycles. The van der Waals surface area contributed by atoms with E-state index in [4.69, 9.17) is 0 Å². The fraction of sp³-hybridized carbons (Fsp3) is 0.263. The van der Waals surface area contributed by atoms with Crippen molar-refractivity contribution in [3.8, 4) is 0 Å². The molecule has 1 aliphatic rings. The summed E-state index contributed by atoms with van der Waals surface area (Å²) in [5, 5.41) is 13.7. The highest BCUT2D eigenvalue weighted by molar-refractivity contribution is 7.13. The molecule has 3 aromatic rings. The van der Waals surface area contributed by atoms with Crippen LogP contribution in [0.1, 0.15) is 43.2 Å². The lowest BCUT2D eigenvalue weighted by molar-refractivity contribution is 0.0711. The standard InChI is InChI=1S/C19H17FN4O2S2/c20-13-5-1-6-14(10-13)21-16(25)18-23-22-17(28-18)12-4-2-8-24(11-12)19(26)15-7-3-9-27-15/h1,3,5-7,9-10,12H,2,4,8,11H2,(H,21,25)/t12-/m0/s1. The molecule has 0 spiro atoms. The summed E-state index contributed by atoms with van der Waals surface area (Å²) in [7, 11) is 0. The molecule has 6 nitrogen and oxygen atoms in total. The number of carbonyl (C=O) groups is 2. The van der Waals surface area contributed by atoms with Gasteiger partial charge in [-0.25, -0.2) is 4.39 Å². The van der Waals surface area contributed by atoms with Crippen molar-refractivity contribution >= 4 is 40.2 Å². The maximum absolute atomic E-state index is 13.3. The van der Waals surface area contributed by atoms with E-state index in [9.17, 15) is 14.0 Å². The third-order valence-corrected chi connectivity index (χ3v) is 6.45. The first-order chi connectivity index (χ1) is 13.6. The molecular formula is C19H17FN4O2S2. The Hall–Kier alpha value is -2.65. The monoisotopic (exact) mass is 416 g/mol. The SMILES string of the molecule is O=C(Nc1cccc(F)c1)c1nnc([C@H]2CCCN(C(=O)c3cccs3)C2)s1. The maximum Gasteiger partial charge on any atom is 0.286 e. The fourth-order valence-corrected chi connectivity index (χ4v) is 4.72. The Kier molecular flexibility index (Phi) is 5.45. The molecule has 0 aliphatic carbocycles. The molecule has 1 N–H and O–H groups in total. The number of nitrogens with one attached hydrogen (secondary N) is 1. The first-order valence-corrected chi connectivity index (χ1v) is 10.5. The molecular weight excluding hydrogens is 399 g/mol. The molecule has 144 valence electrons. The van der Waals surface area contributed by atoms with Crippen molar-refractivity contribution in [3.05, 3.63) is 62.5 Å². The first-order valence-electron chi connectivity index (χ1n) is 8.83. The Bertz CT molecular complexity index is 990. The molecule has 1 aliphatic heterocycles. The number of benzene rings is 1. The van der Waals surface area contributed by atoms with Crippen molar-refractivity contribution in [3.63, 3.8) is 0 Å². The van der Waals surface area contributed by atoms with E-state index in [1.54, 1.807) is 6.07 Å². The minimum absolute atomic E-state index is 0.0355. The molecule has 28 heavy (non-hydrogen) atoms. The zero-order chi connectivity index (χ0) is 19.5. The number of likely N-dealkylation sites (tertiary alicyclic amines) is 1. The number of piperidine rings is 1. The summed E-state index contributed by atoms with van der Waals surface area (Å²) in [6, 6.07) is 9.39. The van der Waals surface area contributed by atoms with Gasteiger partial charge < -0.3 is 10.2 Å². The van der Waals surface area contributed by atoms with Crippen LogP contribution >= 0.6 is 22.7 Å². The molecule has 4 rings (SSSR count). The average molecular weight is 417 g/mol. The van der Waals surface area contributed by atoms with Crippen molar-refractivity contribution in [2.24, 2.45) is 0 Å². The summed E-state index contributed by atoms with van der Waals surface area (Å²) in [6.45, 7) is 1.29. The molecule has 1 fully saturated rings. The molecule has 2 amide bonds. The maximum atomic E-state index is 13.3. The lowest BCUT2D eigenvalue weighted by Crippen LogP contribution is -2.38. The van der Waals surface area contributed by atoms with Crippen LogP contribution in [-0.4, -0.2) is 40.0 Å². The highest BCUT2D eigenvalue weighted by Gasteiger charge is 2.28. The topological polar surface area (TPSA) is 75.2 Å². The van der Waals surface area contributed by atoms with Crippen molar-refractivity contribution < 1.29 is 14.0 Å². The minimum atomic E-state index is -0.423. The van der Waals surface area contributed by atoms with Crippen LogP contribution in [0.3, 0.4) is 0 Å². The predicted octanol–water partition coefficient (Wildman–Crippen LogP) is 4.01. The minimum Gasteiger partial charge on any atom is -0.337 e. The number of anilines is 1. The second-order valence-electron chi connectivity index (χ2n) is 6.48. The van der Waals surface area contributed by atoms with Gasteiger partial charge in [0.2, 0.25) is 5.01 Å². The number of thiophene rings is 1. The van der Waals surface area contributed by atoms with Crippen molar-refractivity contribution in [1.29, 1.82) is 0 Å². The lowest BCUT2D eigenvalue weighted by Gasteiger charge is -2.31. The van der Waals surface area contributed by atoms with Gasteiger partial charge in [0.25, 0.3) is 11.8 Å². The summed E-state index contributed by atoms with van der Waals surface area (Å²) in [5.74, 6) is -0.746. The van der Waals surface area contributed by atoms with Crippen LogP contribution in [-0.2, 0) is 0 Å². The van der Waals surface area contributed by atoms with Gasteiger partial charge >= 0.3 is 0 Å². The molecule has 0 bridgehead atoms. The predicted molar refractivity (Wildman–Crippen MR) is 106 cm³/mol. The lowest BCUT2D eigenvalue weighted by atomic mass is 9.98. The molecule has 9 heteroatoms. The number of rotatable bonds is 4. The van der Waals surface area contributed by atoms with Gasteiger partial charge in [-0.1, -0.05) is 23.5 Å². The van der Waals surface area contributed by atoms with Crippen molar-refractivity contribution in [2.45, 2.75) is 18.8 Å². The summed E-state index contributed by atoms with van der Waals surface area (Å²) < 4.78 is 13.3. The van der Waals surface area contributed by atoms with Gasteiger partial charge in [-0.3, -0.25) is 9.59 Å². The number of nitrogens with zero attached hydrogens (tertiary/aromatic N) is 3. The van der Waals surface area contributed by atoms with Crippen LogP contribution in [0.4, 0.5) is 10.1 Å². The molecule has 1 saturated heterocycles. The third-order valence-electron chi connectivity index (χ3n) is 4.51. The molecule has 1 atom stereocenters. The number of hydrogen-bond donors (Lipinski definition) is 1. The van der Waals surface area contributed by atoms with E-state index in [1.807, 2.05) is 22.4 Å². The van der Waals surface area contributed by atoms with E-state index in [-0.39, 0.29) is 16.8 Å². The molecule has 0 saturated carbocycles. The molecule has 2 aromatic heterocycles. The number of halogens is 1. The summed E-state index contributed by atoms with van der Waals surface area (Å²) in [4.78, 5) is 27.5. The van der Waals surface area contributed by atoms with Gasteiger partial charge in [0.1, 0.15) is 10.8 Å². The smallest absolute Gasteiger partial charge is 0.286 e. The van der Waals surface area contributed by atoms with Crippen LogP contribution < -0.4 is 5.32 Å². The molecule has 1 aromatic carbocycles. The van der Waals surface area contributed by atoms with Gasteiger partial charge in [0.05, 0.1) is 4.88 Å². The Morgan fingerprint density at radius 2 is 2.11 bits per heavy atom. The highest BCUT2D eigenvalue weighted by Crippen LogP contribution is 2.30. The summed E-state index contributed by atoms with van der Waals surface area (Å²) >= 11 is 2.65. The highest BCUT2D eigenvalue weighted by atomic mass is 32.1. The van der Waals surface area contributed by atoms with Crippen LogP contribution in [0.2, 0.25) is 0 Å². The zero-order valence-corrected chi connectivity index (χ0v) is 16.4. The summed E-state index contributed by atoms with van der Waals surface area (Å²) in [5.41, 5.74) is 0.368. The molecule has 0 unspecified atom stereocenters. The Labute approximate surface area is 169 Å². The number of amides is 2. The van der Waals surface area contributed by atoms with E-state index in [0.29, 0.717) is 12.2 Å². The van der Waals surface area contributed by atoms with Gasteiger partial charge in [-0.2, -0.15) is 0 Å². The van der Waals surface area contributed by atoms with E-state index in [1.165, 1.54) is 40.9 Å². The van der Waals surface area contributed by atoms with Crippen molar-refractivity contribution in [2.75, 3.05) is 18.4 Å². The van der Waals surface area contributed by atoms with Gasteiger partial charge in [-0.15, -0.1) is 21.5 Å². The number of hydrogen-bond acceptors (Lipinski definition) is 6. The third kappa shape index (κ3) is 4.10. The van der Waals surface area contributed by atoms with Gasteiger partial charge in [-0.05, 0) is 42.5 Å². The van der Waals surface area contributed by atoms with Crippen LogP contribution in [0.5, 0.6) is 0 Å². The second kappa shape index (κ2) is 8.15. The van der Waals surface area contributed by atoms with Crippen LogP contribution in [0.15, 0.2) is 41.8 Å². The van der Waals surface area contributed by atoms with Gasteiger partial charge in [0.15, 0.2) is 0 Å². The quantitative estimate of drug-likeness (QED) is 0.697. The second-order valence-corrected chi connectivity index (χ2v) is 8.43. The van der Waals surface area contributed by atoms with Crippen LogP contribution in [0, 0.1) is 5.82 Å². The number of carbonyl (C=O) groups excluding carboxylic acids is 2. The van der Waals surface area contributed by atoms with E-state index in [2.05, 4.69) is 15.5 Å².